The fourth-order valence-electron chi connectivity index (χ4n) is 9.81. The van der Waals surface area contributed by atoms with Crippen LogP contribution in [0.15, 0.2) is 261 Å². The molecule has 292 valence electrons. The summed E-state index contributed by atoms with van der Waals surface area (Å²) in [5.74, 6) is 0. The molecule has 0 aromatic heterocycles. The molecule has 0 heterocycles. The Morgan fingerprint density at radius 1 is 0.242 bits per heavy atom. The molecule has 0 saturated carbocycles. The summed E-state index contributed by atoms with van der Waals surface area (Å²) in [5, 5.41) is 0. The fourth-order valence-corrected chi connectivity index (χ4v) is 9.81. The van der Waals surface area contributed by atoms with E-state index in [1.54, 1.807) is 0 Å². The summed E-state index contributed by atoms with van der Waals surface area (Å²) in [6, 6.07) is 95.4. The van der Waals surface area contributed by atoms with Crippen molar-refractivity contribution in [2.75, 3.05) is 4.90 Å². The van der Waals surface area contributed by atoms with E-state index in [1.165, 1.54) is 77.9 Å². The van der Waals surface area contributed by atoms with Gasteiger partial charge in [-0.2, -0.15) is 0 Å². The third kappa shape index (κ3) is 6.35. The molecule has 0 spiro atoms. The zero-order valence-electron chi connectivity index (χ0n) is 34.3. The van der Waals surface area contributed by atoms with Gasteiger partial charge >= 0.3 is 0 Å². The second-order valence-corrected chi connectivity index (χ2v) is 16.0. The molecule has 0 bridgehead atoms. The summed E-state index contributed by atoms with van der Waals surface area (Å²) < 4.78 is 0. The van der Waals surface area contributed by atoms with Gasteiger partial charge in [0.05, 0.1) is 5.41 Å². The maximum absolute atomic E-state index is 2.47. The first kappa shape index (κ1) is 37.0. The molecule has 0 atom stereocenters. The molecule has 0 aliphatic heterocycles. The van der Waals surface area contributed by atoms with Gasteiger partial charge in [0, 0.05) is 17.1 Å². The van der Waals surface area contributed by atoms with Crippen molar-refractivity contribution >= 4 is 17.1 Å². The van der Waals surface area contributed by atoms with Crippen LogP contribution in [0, 0.1) is 0 Å². The second kappa shape index (κ2) is 15.9. The van der Waals surface area contributed by atoms with E-state index in [0.717, 1.165) is 17.1 Å². The van der Waals surface area contributed by atoms with Gasteiger partial charge in [-0.1, -0.05) is 224 Å². The molecule has 0 amide bonds. The van der Waals surface area contributed by atoms with E-state index in [-0.39, 0.29) is 0 Å². The summed E-state index contributed by atoms with van der Waals surface area (Å²) in [6.45, 7) is 0. The lowest BCUT2D eigenvalue weighted by Gasteiger charge is -2.35. The van der Waals surface area contributed by atoms with Gasteiger partial charge in [-0.15, -0.1) is 0 Å². The number of hydrogen-bond acceptors (Lipinski definition) is 1. The molecule has 11 rings (SSSR count). The zero-order chi connectivity index (χ0) is 41.3. The number of nitrogens with zero attached hydrogens (tertiary/aromatic N) is 1. The van der Waals surface area contributed by atoms with Crippen molar-refractivity contribution in [2.24, 2.45) is 0 Å². The Morgan fingerprint density at radius 2 is 0.645 bits per heavy atom. The van der Waals surface area contributed by atoms with Gasteiger partial charge in [0.25, 0.3) is 0 Å². The molecule has 62 heavy (non-hydrogen) atoms. The Kier molecular flexibility index (Phi) is 9.48. The van der Waals surface area contributed by atoms with Gasteiger partial charge in [0.15, 0.2) is 0 Å². The van der Waals surface area contributed by atoms with Gasteiger partial charge in [0.2, 0.25) is 0 Å². The van der Waals surface area contributed by atoms with E-state index < -0.39 is 5.41 Å². The van der Waals surface area contributed by atoms with Crippen molar-refractivity contribution in [3.05, 3.63) is 283 Å². The minimum absolute atomic E-state index is 0.533. The van der Waals surface area contributed by atoms with Gasteiger partial charge < -0.3 is 4.90 Å². The molecular formula is C61H43N. The van der Waals surface area contributed by atoms with E-state index in [4.69, 9.17) is 0 Å². The second-order valence-electron chi connectivity index (χ2n) is 16.0. The smallest absolute Gasteiger partial charge is 0.0714 e. The van der Waals surface area contributed by atoms with Crippen LogP contribution < -0.4 is 4.90 Å². The lowest BCUT2D eigenvalue weighted by Crippen LogP contribution is -2.28. The number of benzene rings is 10. The topological polar surface area (TPSA) is 3.24 Å². The Morgan fingerprint density at radius 3 is 1.18 bits per heavy atom. The largest absolute Gasteiger partial charge is 0.310 e. The standard InChI is InChI=1S/C61H43N/c1-7-21-44(22-8-1)45-35-37-51(38-36-45)62(53-41-56(46-23-9-2-10-24-46)60(48-27-13-4-14-28-48)57(42-53)47-25-11-3-12-26-47)52-39-40-55-54-33-19-20-34-58(54)61(59(55)43-52,49-29-15-5-16-30-49)50-31-17-6-18-32-50/h1-43H. The maximum Gasteiger partial charge on any atom is 0.0714 e. The molecule has 10 aromatic rings. The first-order chi connectivity index (χ1) is 30.8. The van der Waals surface area contributed by atoms with Crippen LogP contribution in [0.25, 0.3) is 55.6 Å². The first-order valence-corrected chi connectivity index (χ1v) is 21.4. The third-order valence-electron chi connectivity index (χ3n) is 12.5. The van der Waals surface area contributed by atoms with E-state index in [1.807, 2.05) is 0 Å². The minimum atomic E-state index is -0.533. The van der Waals surface area contributed by atoms with E-state index in [9.17, 15) is 0 Å². The lowest BCUT2D eigenvalue weighted by atomic mass is 9.67. The molecule has 10 aromatic carbocycles. The number of rotatable bonds is 9. The number of anilines is 3. The quantitative estimate of drug-likeness (QED) is 0.141. The van der Waals surface area contributed by atoms with Crippen LogP contribution in [0.2, 0.25) is 0 Å². The van der Waals surface area contributed by atoms with E-state index in [2.05, 4.69) is 266 Å². The summed E-state index contributed by atoms with van der Waals surface area (Å²) >= 11 is 0. The normalized spacial score (nSPS) is 12.3. The van der Waals surface area contributed by atoms with E-state index in [0.29, 0.717) is 0 Å². The molecular weight excluding hydrogens is 747 g/mol. The molecule has 1 aliphatic carbocycles. The maximum atomic E-state index is 2.47. The van der Waals surface area contributed by atoms with Crippen molar-refractivity contribution in [2.45, 2.75) is 5.41 Å². The van der Waals surface area contributed by atoms with Crippen molar-refractivity contribution in [3.63, 3.8) is 0 Å². The van der Waals surface area contributed by atoms with E-state index >= 15 is 0 Å². The van der Waals surface area contributed by atoms with Crippen molar-refractivity contribution in [3.8, 4) is 55.6 Å². The molecule has 1 aliphatic rings. The fraction of sp³-hybridized carbons (Fsp3) is 0.0164. The SMILES string of the molecule is c1ccc(-c2ccc(N(c3cc(-c4ccccc4)c(-c4ccccc4)c(-c4ccccc4)c3)c3ccc4c(c3)C(c3ccccc3)(c3ccccc3)c3ccccc3-4)cc2)cc1. The average Bonchev–Trinajstić information content (AvgIpc) is 3.66. The van der Waals surface area contributed by atoms with Crippen molar-refractivity contribution in [1.82, 2.24) is 0 Å². The van der Waals surface area contributed by atoms with Gasteiger partial charge in [-0.25, -0.2) is 0 Å². The number of hydrogen-bond donors (Lipinski definition) is 0. The highest BCUT2D eigenvalue weighted by atomic mass is 15.1. The number of fused-ring (bicyclic) bond motifs is 3. The molecule has 0 radical (unpaired) electrons. The van der Waals surface area contributed by atoms with Crippen molar-refractivity contribution in [1.29, 1.82) is 0 Å². The monoisotopic (exact) mass is 789 g/mol. The Bertz CT molecular complexity index is 3020. The third-order valence-corrected chi connectivity index (χ3v) is 12.5. The summed E-state index contributed by atoms with van der Waals surface area (Å²) in [4.78, 5) is 2.46. The van der Waals surface area contributed by atoms with Crippen LogP contribution in [-0.4, -0.2) is 0 Å². The molecule has 0 N–H and O–H groups in total. The predicted molar refractivity (Wildman–Crippen MR) is 260 cm³/mol. The molecule has 0 saturated heterocycles. The predicted octanol–water partition coefficient (Wildman–Crippen LogP) is 16.2. The Labute approximate surface area is 364 Å². The van der Waals surface area contributed by atoms with Gasteiger partial charge in [-0.05, 0) is 114 Å². The highest BCUT2D eigenvalue weighted by molar-refractivity contribution is 5.99. The van der Waals surface area contributed by atoms with Crippen LogP contribution in [-0.2, 0) is 5.41 Å². The zero-order valence-corrected chi connectivity index (χ0v) is 34.3. The highest BCUT2D eigenvalue weighted by Gasteiger charge is 2.46. The minimum Gasteiger partial charge on any atom is -0.310 e. The summed E-state index contributed by atoms with van der Waals surface area (Å²) in [7, 11) is 0. The van der Waals surface area contributed by atoms with Gasteiger partial charge in [0.1, 0.15) is 0 Å². The molecule has 1 nitrogen and oxygen atoms in total. The van der Waals surface area contributed by atoms with Crippen LogP contribution >= 0.6 is 0 Å². The Hall–Kier alpha value is -8.00. The van der Waals surface area contributed by atoms with Crippen LogP contribution in [0.5, 0.6) is 0 Å². The first-order valence-electron chi connectivity index (χ1n) is 21.4. The van der Waals surface area contributed by atoms with Crippen LogP contribution in [0.3, 0.4) is 0 Å². The van der Waals surface area contributed by atoms with Crippen LogP contribution in [0.1, 0.15) is 22.3 Å². The van der Waals surface area contributed by atoms with Gasteiger partial charge in [-0.3, -0.25) is 0 Å². The van der Waals surface area contributed by atoms with Crippen LogP contribution in [0.4, 0.5) is 17.1 Å². The summed E-state index contributed by atoms with van der Waals surface area (Å²) in [5.41, 5.74) is 19.8. The highest BCUT2D eigenvalue weighted by Crippen LogP contribution is 2.57. The van der Waals surface area contributed by atoms with Crippen molar-refractivity contribution < 1.29 is 0 Å². The molecule has 1 heteroatoms. The lowest BCUT2D eigenvalue weighted by molar-refractivity contribution is 0.768. The molecule has 0 unspecified atom stereocenters. The molecule has 0 fully saturated rings. The average molecular weight is 790 g/mol. The summed E-state index contributed by atoms with van der Waals surface area (Å²) in [6.07, 6.45) is 0. The Balaban J connectivity index is 1.21.